The predicted molar refractivity (Wildman–Crippen MR) is 174 cm³/mol. The monoisotopic (exact) mass is 537 g/mol. The van der Waals surface area contributed by atoms with Crippen LogP contribution in [-0.4, -0.2) is 11.7 Å². The molecular weight excluding hydrogens is 460 g/mol. The van der Waals surface area contributed by atoms with E-state index < -0.39 is 0 Å². The summed E-state index contributed by atoms with van der Waals surface area (Å²) in [5, 5.41) is 9.77. The van der Waals surface area contributed by atoms with E-state index in [0.717, 1.165) is 0 Å². The first-order valence-electron chi connectivity index (χ1n) is 18.5. The maximum Gasteiger partial charge on any atom is 0.0459 e. The molecule has 0 saturated carbocycles. The first-order valence-corrected chi connectivity index (χ1v) is 18.5. The molecule has 1 heteroatoms. The number of aliphatic hydroxyl groups excluding tert-OH is 1. The summed E-state index contributed by atoms with van der Waals surface area (Å²) in [4.78, 5) is 0. The average molecular weight is 537 g/mol. The van der Waals surface area contributed by atoms with Gasteiger partial charge in [-0.1, -0.05) is 213 Å². The SMILES string of the molecule is CCCCCCCCCCCCCCCCCCC(CO)CCCCCCCCCCCCCCCCC. The number of hydrogen-bond donors (Lipinski definition) is 1. The lowest BCUT2D eigenvalue weighted by Crippen LogP contribution is -2.06. The molecule has 230 valence electrons. The third-order valence-corrected chi connectivity index (χ3v) is 8.94. The van der Waals surface area contributed by atoms with Gasteiger partial charge >= 0.3 is 0 Å². The minimum Gasteiger partial charge on any atom is -0.396 e. The Morgan fingerprint density at radius 2 is 0.474 bits per heavy atom. The highest BCUT2D eigenvalue weighted by Crippen LogP contribution is 2.20. The number of hydrogen-bond acceptors (Lipinski definition) is 1. The Balaban J connectivity index is 3.25. The minimum atomic E-state index is 0.414. The van der Waals surface area contributed by atoms with Crippen LogP contribution < -0.4 is 0 Å². The Hall–Kier alpha value is -0.0400. The highest BCUT2D eigenvalue weighted by atomic mass is 16.3. The van der Waals surface area contributed by atoms with E-state index in [2.05, 4.69) is 13.8 Å². The summed E-state index contributed by atoms with van der Waals surface area (Å²) in [7, 11) is 0. The summed E-state index contributed by atoms with van der Waals surface area (Å²) >= 11 is 0. The van der Waals surface area contributed by atoms with Crippen LogP contribution in [0.1, 0.15) is 226 Å². The summed E-state index contributed by atoms with van der Waals surface area (Å²) < 4.78 is 0. The van der Waals surface area contributed by atoms with E-state index >= 15 is 0 Å². The molecule has 0 aliphatic carbocycles. The molecule has 0 radical (unpaired) electrons. The van der Waals surface area contributed by atoms with Crippen molar-refractivity contribution in [3.63, 3.8) is 0 Å². The van der Waals surface area contributed by atoms with Crippen LogP contribution in [0.15, 0.2) is 0 Å². The van der Waals surface area contributed by atoms with E-state index in [4.69, 9.17) is 0 Å². The summed E-state index contributed by atoms with van der Waals surface area (Å²) in [6.07, 6.45) is 47.0. The van der Waals surface area contributed by atoms with E-state index in [0.29, 0.717) is 12.5 Å². The molecule has 0 fully saturated rings. The van der Waals surface area contributed by atoms with Crippen LogP contribution in [0, 0.1) is 5.92 Å². The summed E-state index contributed by atoms with van der Waals surface area (Å²) in [5.41, 5.74) is 0. The van der Waals surface area contributed by atoms with Crippen molar-refractivity contribution >= 4 is 0 Å². The third-order valence-electron chi connectivity index (χ3n) is 8.94. The van der Waals surface area contributed by atoms with E-state index in [9.17, 15) is 5.11 Å². The molecule has 0 aromatic carbocycles. The Morgan fingerprint density at radius 1 is 0.289 bits per heavy atom. The van der Waals surface area contributed by atoms with Gasteiger partial charge in [0, 0.05) is 6.61 Å². The van der Waals surface area contributed by atoms with Gasteiger partial charge in [0.2, 0.25) is 0 Å². The Labute approximate surface area is 243 Å². The van der Waals surface area contributed by atoms with Crippen LogP contribution >= 0.6 is 0 Å². The molecule has 0 spiro atoms. The van der Waals surface area contributed by atoms with Crippen molar-refractivity contribution in [3.8, 4) is 0 Å². The van der Waals surface area contributed by atoms with Gasteiger partial charge in [-0.05, 0) is 18.8 Å². The lowest BCUT2D eigenvalue weighted by molar-refractivity contribution is 0.204. The second-order valence-corrected chi connectivity index (χ2v) is 12.9. The van der Waals surface area contributed by atoms with Crippen LogP contribution in [0.2, 0.25) is 0 Å². The number of aliphatic hydroxyl groups is 1. The fourth-order valence-corrected chi connectivity index (χ4v) is 6.11. The van der Waals surface area contributed by atoms with Gasteiger partial charge in [-0.3, -0.25) is 0 Å². The zero-order valence-corrected chi connectivity index (χ0v) is 27.1. The molecule has 38 heavy (non-hydrogen) atoms. The summed E-state index contributed by atoms with van der Waals surface area (Å²) in [5.74, 6) is 0.573. The normalized spacial score (nSPS) is 12.4. The van der Waals surface area contributed by atoms with E-state index in [1.807, 2.05) is 0 Å². The van der Waals surface area contributed by atoms with Gasteiger partial charge in [0.05, 0.1) is 0 Å². The van der Waals surface area contributed by atoms with Gasteiger partial charge in [-0.2, -0.15) is 0 Å². The van der Waals surface area contributed by atoms with E-state index in [1.165, 1.54) is 212 Å². The van der Waals surface area contributed by atoms with Crippen molar-refractivity contribution in [1.82, 2.24) is 0 Å². The lowest BCUT2D eigenvalue weighted by Gasteiger charge is -2.13. The van der Waals surface area contributed by atoms with Crippen molar-refractivity contribution in [1.29, 1.82) is 0 Å². The number of rotatable bonds is 34. The molecule has 0 heterocycles. The molecule has 1 atom stereocenters. The van der Waals surface area contributed by atoms with Crippen molar-refractivity contribution in [3.05, 3.63) is 0 Å². The maximum absolute atomic E-state index is 9.77. The van der Waals surface area contributed by atoms with Crippen molar-refractivity contribution < 1.29 is 5.11 Å². The fourth-order valence-electron chi connectivity index (χ4n) is 6.11. The maximum atomic E-state index is 9.77. The first kappa shape index (κ1) is 38.0. The van der Waals surface area contributed by atoms with Crippen molar-refractivity contribution in [2.24, 2.45) is 5.92 Å². The molecule has 0 aliphatic rings. The zero-order chi connectivity index (χ0) is 27.6. The highest BCUT2D eigenvalue weighted by molar-refractivity contribution is 4.60. The van der Waals surface area contributed by atoms with Gasteiger partial charge in [0.15, 0.2) is 0 Å². The molecule has 1 N–H and O–H groups in total. The van der Waals surface area contributed by atoms with Gasteiger partial charge in [-0.25, -0.2) is 0 Å². The van der Waals surface area contributed by atoms with Gasteiger partial charge in [0.25, 0.3) is 0 Å². The fraction of sp³-hybridized carbons (Fsp3) is 1.00. The number of unbranched alkanes of at least 4 members (excludes halogenated alkanes) is 29. The van der Waals surface area contributed by atoms with Gasteiger partial charge < -0.3 is 5.11 Å². The van der Waals surface area contributed by atoms with E-state index in [-0.39, 0.29) is 0 Å². The predicted octanol–water partition coefficient (Wildman–Crippen LogP) is 13.5. The molecule has 0 rings (SSSR count). The topological polar surface area (TPSA) is 20.2 Å². The molecular formula is C37H76O. The zero-order valence-electron chi connectivity index (χ0n) is 27.1. The molecule has 1 unspecified atom stereocenters. The minimum absolute atomic E-state index is 0.414. The summed E-state index contributed by atoms with van der Waals surface area (Å²) in [6, 6.07) is 0. The Morgan fingerprint density at radius 3 is 0.658 bits per heavy atom. The van der Waals surface area contributed by atoms with Crippen LogP contribution in [0.3, 0.4) is 0 Å². The average Bonchev–Trinajstić information content (AvgIpc) is 2.93. The molecule has 0 aromatic rings. The van der Waals surface area contributed by atoms with Crippen LogP contribution in [-0.2, 0) is 0 Å². The second kappa shape index (κ2) is 35.0. The molecule has 0 saturated heterocycles. The van der Waals surface area contributed by atoms with Gasteiger partial charge in [-0.15, -0.1) is 0 Å². The molecule has 1 nitrogen and oxygen atoms in total. The standard InChI is InChI=1S/C37H76O/c1-3-5-7-9-11-13-15-17-19-21-23-25-27-29-31-33-35-37(36-38)34-32-30-28-26-24-22-20-18-16-14-12-10-8-6-4-2/h37-38H,3-36H2,1-2H3. The molecule has 0 aromatic heterocycles. The van der Waals surface area contributed by atoms with Crippen LogP contribution in [0.25, 0.3) is 0 Å². The van der Waals surface area contributed by atoms with E-state index in [1.54, 1.807) is 0 Å². The quantitative estimate of drug-likeness (QED) is 0.0810. The Kier molecular flexibility index (Phi) is 35.0. The first-order chi connectivity index (χ1) is 18.8. The lowest BCUT2D eigenvalue weighted by atomic mass is 9.94. The molecule has 0 bridgehead atoms. The molecule has 0 aliphatic heterocycles. The smallest absolute Gasteiger partial charge is 0.0459 e. The summed E-state index contributed by atoms with van der Waals surface area (Å²) in [6.45, 7) is 5.02. The second-order valence-electron chi connectivity index (χ2n) is 12.9. The van der Waals surface area contributed by atoms with Crippen molar-refractivity contribution in [2.75, 3.05) is 6.61 Å². The Bertz CT molecular complexity index is 392. The third kappa shape index (κ3) is 32.2. The van der Waals surface area contributed by atoms with Crippen LogP contribution in [0.4, 0.5) is 0 Å². The van der Waals surface area contributed by atoms with Crippen molar-refractivity contribution in [2.45, 2.75) is 226 Å². The molecule has 0 amide bonds. The van der Waals surface area contributed by atoms with Gasteiger partial charge in [0.1, 0.15) is 0 Å². The van der Waals surface area contributed by atoms with Crippen LogP contribution in [0.5, 0.6) is 0 Å². The largest absolute Gasteiger partial charge is 0.396 e. The highest BCUT2D eigenvalue weighted by Gasteiger charge is 2.07.